The van der Waals surface area contributed by atoms with Crippen LogP contribution in [-0.4, -0.2) is 36.6 Å². The average Bonchev–Trinajstić information content (AvgIpc) is 2.14. The monoisotopic (exact) mass is 224 g/mol. The number of carbonyl (C=O) groups is 1. The number of aliphatic hydroxyl groups excluding tert-OH is 1. The number of rotatable bonds is 6. The van der Waals surface area contributed by atoms with E-state index in [2.05, 4.69) is 5.32 Å². The predicted octanol–water partition coefficient (Wildman–Crippen LogP) is -0.0405. The van der Waals surface area contributed by atoms with E-state index in [1.54, 1.807) is 0 Å². The molecule has 4 nitrogen and oxygen atoms in total. The van der Waals surface area contributed by atoms with Gasteiger partial charge in [0.2, 0.25) is 5.91 Å². The summed E-state index contributed by atoms with van der Waals surface area (Å²) < 4.78 is 23.8. The number of hydrogen-bond donors (Lipinski definition) is 3. The van der Waals surface area contributed by atoms with Crippen LogP contribution in [0.25, 0.3) is 0 Å². The third kappa shape index (κ3) is 5.03. The molecular weight excluding hydrogens is 206 g/mol. The smallest absolute Gasteiger partial charge is 0.265 e. The summed E-state index contributed by atoms with van der Waals surface area (Å²) in [6.45, 7) is 3.36. The highest BCUT2D eigenvalue weighted by atomic mass is 19.3. The highest BCUT2D eigenvalue weighted by Gasteiger charge is 2.23. The molecule has 4 N–H and O–H groups in total. The molecule has 0 spiro atoms. The summed E-state index contributed by atoms with van der Waals surface area (Å²) in [6.07, 6.45) is -4.67. The Hall–Kier alpha value is -0.750. The number of halogens is 2. The van der Waals surface area contributed by atoms with Crippen LogP contribution in [0.15, 0.2) is 0 Å². The molecule has 0 radical (unpaired) electrons. The second kappa shape index (κ2) is 6.68. The van der Waals surface area contributed by atoms with E-state index in [-0.39, 0.29) is 12.5 Å². The van der Waals surface area contributed by atoms with Crippen LogP contribution in [0.5, 0.6) is 0 Å². The van der Waals surface area contributed by atoms with Crippen LogP contribution in [0, 0.1) is 11.8 Å². The van der Waals surface area contributed by atoms with Gasteiger partial charge in [-0.2, -0.15) is 0 Å². The van der Waals surface area contributed by atoms with Gasteiger partial charge >= 0.3 is 0 Å². The van der Waals surface area contributed by atoms with Crippen molar-refractivity contribution in [2.24, 2.45) is 17.6 Å². The summed E-state index contributed by atoms with van der Waals surface area (Å²) in [5, 5.41) is 11.0. The summed E-state index contributed by atoms with van der Waals surface area (Å²) in [6, 6.07) is 0. The number of alkyl halides is 2. The zero-order valence-corrected chi connectivity index (χ0v) is 8.91. The van der Waals surface area contributed by atoms with E-state index >= 15 is 0 Å². The molecule has 0 saturated heterocycles. The van der Waals surface area contributed by atoms with Crippen molar-refractivity contribution in [2.75, 3.05) is 13.1 Å². The Balaban J connectivity index is 4.02. The lowest BCUT2D eigenvalue weighted by atomic mass is 9.95. The summed E-state index contributed by atoms with van der Waals surface area (Å²) >= 11 is 0. The third-order valence-corrected chi connectivity index (χ3v) is 2.17. The fourth-order valence-corrected chi connectivity index (χ4v) is 1.11. The Kier molecular flexibility index (Phi) is 6.35. The number of amides is 1. The normalized spacial score (nSPS) is 15.5. The first-order valence-corrected chi connectivity index (χ1v) is 4.84. The number of carbonyl (C=O) groups excluding carboxylic acids is 1. The zero-order valence-electron chi connectivity index (χ0n) is 8.91. The highest BCUT2D eigenvalue weighted by Crippen LogP contribution is 2.09. The Labute approximate surface area is 87.8 Å². The molecule has 1 amide bonds. The van der Waals surface area contributed by atoms with Crippen molar-refractivity contribution in [3.63, 3.8) is 0 Å². The summed E-state index contributed by atoms with van der Waals surface area (Å²) in [5.41, 5.74) is 5.37. The maximum atomic E-state index is 11.9. The predicted molar refractivity (Wildman–Crippen MR) is 52.4 cm³/mol. The summed E-state index contributed by atoms with van der Waals surface area (Å²) in [5.74, 6) is -0.763. The summed E-state index contributed by atoms with van der Waals surface area (Å²) in [4.78, 5) is 11.4. The molecule has 0 aliphatic heterocycles. The van der Waals surface area contributed by atoms with Gasteiger partial charge in [-0.3, -0.25) is 4.79 Å². The van der Waals surface area contributed by atoms with Gasteiger partial charge in [0.1, 0.15) is 6.10 Å². The number of hydrogen-bond acceptors (Lipinski definition) is 3. The topological polar surface area (TPSA) is 75.4 Å². The summed E-state index contributed by atoms with van der Waals surface area (Å²) in [7, 11) is 0. The quantitative estimate of drug-likeness (QED) is 0.592. The second-order valence-electron chi connectivity index (χ2n) is 3.73. The first kappa shape index (κ1) is 14.2. The average molecular weight is 224 g/mol. The van der Waals surface area contributed by atoms with Crippen LogP contribution < -0.4 is 11.1 Å². The molecule has 0 aliphatic carbocycles. The maximum absolute atomic E-state index is 11.9. The molecule has 0 aromatic carbocycles. The van der Waals surface area contributed by atoms with Gasteiger partial charge in [-0.15, -0.1) is 0 Å². The Bertz CT molecular complexity index is 201. The van der Waals surface area contributed by atoms with E-state index in [4.69, 9.17) is 10.8 Å². The van der Waals surface area contributed by atoms with Crippen LogP contribution in [0.1, 0.15) is 13.8 Å². The van der Waals surface area contributed by atoms with E-state index in [0.717, 1.165) is 0 Å². The van der Waals surface area contributed by atoms with Crippen molar-refractivity contribution >= 4 is 5.91 Å². The maximum Gasteiger partial charge on any atom is 0.265 e. The molecule has 15 heavy (non-hydrogen) atoms. The molecule has 0 aromatic heterocycles. The van der Waals surface area contributed by atoms with E-state index in [1.165, 1.54) is 0 Å². The van der Waals surface area contributed by atoms with Crippen LogP contribution in [0.3, 0.4) is 0 Å². The molecule has 0 rings (SSSR count). The molecule has 90 valence electrons. The third-order valence-electron chi connectivity index (χ3n) is 2.17. The van der Waals surface area contributed by atoms with Crippen molar-refractivity contribution in [3.05, 3.63) is 0 Å². The van der Waals surface area contributed by atoms with Crippen molar-refractivity contribution in [1.29, 1.82) is 0 Å². The Morgan fingerprint density at radius 3 is 2.33 bits per heavy atom. The lowest BCUT2D eigenvalue weighted by Crippen LogP contribution is -2.42. The second-order valence-corrected chi connectivity index (χ2v) is 3.73. The van der Waals surface area contributed by atoms with Gasteiger partial charge in [-0.1, -0.05) is 13.8 Å². The van der Waals surface area contributed by atoms with Crippen LogP contribution in [-0.2, 0) is 4.79 Å². The standard InChI is InChI=1S/C9H18F2N2O2/c1-5(2)6(3-12)9(15)13-4-7(14)8(10)11/h5-8,14H,3-4,12H2,1-2H3,(H,13,15). The number of aliphatic hydroxyl groups is 1. The Morgan fingerprint density at radius 2 is 2.00 bits per heavy atom. The first-order chi connectivity index (χ1) is 6.90. The SMILES string of the molecule is CC(C)C(CN)C(=O)NCC(O)C(F)F. The molecule has 0 saturated carbocycles. The number of nitrogens with two attached hydrogens (primary N) is 1. The van der Waals surface area contributed by atoms with Gasteiger partial charge in [0, 0.05) is 13.1 Å². The number of nitrogens with one attached hydrogen (secondary N) is 1. The molecule has 0 heterocycles. The largest absolute Gasteiger partial charge is 0.385 e. The molecule has 0 aliphatic rings. The van der Waals surface area contributed by atoms with Gasteiger partial charge in [0.25, 0.3) is 6.43 Å². The van der Waals surface area contributed by atoms with E-state index in [1.807, 2.05) is 13.8 Å². The van der Waals surface area contributed by atoms with E-state index < -0.39 is 30.9 Å². The molecule has 0 aromatic rings. The molecule has 0 bridgehead atoms. The lowest BCUT2D eigenvalue weighted by molar-refractivity contribution is -0.127. The minimum atomic E-state index is -2.85. The van der Waals surface area contributed by atoms with E-state index in [9.17, 15) is 13.6 Å². The fourth-order valence-electron chi connectivity index (χ4n) is 1.11. The first-order valence-electron chi connectivity index (χ1n) is 4.84. The highest BCUT2D eigenvalue weighted by molar-refractivity contribution is 5.79. The molecule has 2 unspecified atom stereocenters. The van der Waals surface area contributed by atoms with Gasteiger partial charge < -0.3 is 16.2 Å². The van der Waals surface area contributed by atoms with Crippen molar-refractivity contribution in [3.8, 4) is 0 Å². The molecular formula is C9H18F2N2O2. The van der Waals surface area contributed by atoms with Crippen molar-refractivity contribution in [1.82, 2.24) is 5.32 Å². The minimum Gasteiger partial charge on any atom is -0.385 e. The van der Waals surface area contributed by atoms with Crippen LogP contribution in [0.2, 0.25) is 0 Å². The molecule has 2 atom stereocenters. The van der Waals surface area contributed by atoms with Gasteiger partial charge in [-0.25, -0.2) is 8.78 Å². The fraction of sp³-hybridized carbons (Fsp3) is 0.889. The van der Waals surface area contributed by atoms with E-state index in [0.29, 0.717) is 0 Å². The van der Waals surface area contributed by atoms with Gasteiger partial charge in [0.05, 0.1) is 5.92 Å². The van der Waals surface area contributed by atoms with Crippen molar-refractivity contribution in [2.45, 2.75) is 26.4 Å². The van der Waals surface area contributed by atoms with Gasteiger partial charge in [0.15, 0.2) is 0 Å². The van der Waals surface area contributed by atoms with Crippen molar-refractivity contribution < 1.29 is 18.7 Å². The molecule has 0 fully saturated rings. The lowest BCUT2D eigenvalue weighted by Gasteiger charge is -2.19. The zero-order chi connectivity index (χ0) is 12.0. The molecule has 6 heteroatoms. The minimum absolute atomic E-state index is 0.0405. The van der Waals surface area contributed by atoms with Gasteiger partial charge in [-0.05, 0) is 5.92 Å². The van der Waals surface area contributed by atoms with Crippen LogP contribution in [0.4, 0.5) is 8.78 Å². The van der Waals surface area contributed by atoms with Crippen LogP contribution >= 0.6 is 0 Å². The Morgan fingerprint density at radius 1 is 1.47 bits per heavy atom.